The summed E-state index contributed by atoms with van der Waals surface area (Å²) in [6.07, 6.45) is 0. The number of benzene rings is 1. The van der Waals surface area contributed by atoms with Gasteiger partial charge in [0.15, 0.2) is 11.5 Å². The highest BCUT2D eigenvalue weighted by Gasteiger charge is 2.24. The molecule has 0 unspecified atom stereocenters. The van der Waals surface area contributed by atoms with Gasteiger partial charge in [0.1, 0.15) is 0 Å². The fourth-order valence-corrected chi connectivity index (χ4v) is 2.67. The first-order valence-corrected chi connectivity index (χ1v) is 6.72. The normalized spacial score (nSPS) is 18.4. The van der Waals surface area contributed by atoms with Crippen molar-refractivity contribution in [3.05, 3.63) is 17.7 Å². The molecule has 1 saturated heterocycles. The van der Waals surface area contributed by atoms with Crippen LogP contribution in [0.5, 0.6) is 17.2 Å². The number of hydrogen-bond donors (Lipinski definition) is 1. The molecule has 1 aromatic rings. The van der Waals surface area contributed by atoms with Gasteiger partial charge in [-0.3, -0.25) is 4.90 Å². The molecular weight excluding hydrogens is 315 g/mol. The van der Waals surface area contributed by atoms with Crippen LogP contribution < -0.4 is 19.5 Å². The molecule has 1 aromatic carbocycles. The molecule has 3 rings (SSSR count). The Hall–Kier alpha value is -0.880. The molecule has 2 aliphatic rings. The predicted octanol–water partition coefficient (Wildman–Crippen LogP) is 2.23. The molecule has 1 atom stereocenters. The predicted molar refractivity (Wildman–Crippen MR) is 86.5 cm³/mol. The van der Waals surface area contributed by atoms with Crippen LogP contribution in [0.2, 0.25) is 0 Å². The minimum absolute atomic E-state index is 0. The summed E-state index contributed by atoms with van der Waals surface area (Å²) in [5, 5.41) is 3.37. The van der Waals surface area contributed by atoms with E-state index < -0.39 is 0 Å². The molecule has 0 amide bonds. The van der Waals surface area contributed by atoms with Gasteiger partial charge >= 0.3 is 0 Å². The summed E-state index contributed by atoms with van der Waals surface area (Å²) in [6, 6.07) is 4.48. The van der Waals surface area contributed by atoms with Crippen LogP contribution in [0, 0.1) is 0 Å². The van der Waals surface area contributed by atoms with E-state index in [2.05, 4.69) is 29.3 Å². The zero-order chi connectivity index (χ0) is 13.2. The van der Waals surface area contributed by atoms with E-state index in [9.17, 15) is 0 Å². The van der Waals surface area contributed by atoms with Crippen molar-refractivity contribution in [2.45, 2.75) is 13.0 Å². The van der Waals surface area contributed by atoms with E-state index in [0.717, 1.165) is 43.4 Å². The number of fused-ring (bicyclic) bond motifs is 1. The third-order valence-corrected chi connectivity index (χ3v) is 3.86. The first kappa shape index (κ1) is 18.2. The monoisotopic (exact) mass is 336 g/mol. The van der Waals surface area contributed by atoms with Gasteiger partial charge < -0.3 is 19.5 Å². The van der Waals surface area contributed by atoms with Crippen molar-refractivity contribution < 1.29 is 14.2 Å². The lowest BCUT2D eigenvalue weighted by atomic mass is 10.0. The first-order valence-electron chi connectivity index (χ1n) is 6.72. The molecule has 2 aliphatic heterocycles. The van der Waals surface area contributed by atoms with Gasteiger partial charge in [0, 0.05) is 32.2 Å². The minimum Gasteiger partial charge on any atom is -0.493 e. The molecule has 21 heavy (non-hydrogen) atoms. The average Bonchev–Trinajstić information content (AvgIpc) is 2.94. The van der Waals surface area contributed by atoms with Gasteiger partial charge in [-0.2, -0.15) is 0 Å². The summed E-state index contributed by atoms with van der Waals surface area (Å²) in [7, 11) is 1.66. The lowest BCUT2D eigenvalue weighted by Gasteiger charge is -2.33. The van der Waals surface area contributed by atoms with Crippen LogP contribution >= 0.6 is 24.8 Å². The van der Waals surface area contributed by atoms with E-state index in [-0.39, 0.29) is 31.6 Å². The Morgan fingerprint density at radius 1 is 1.19 bits per heavy atom. The van der Waals surface area contributed by atoms with Crippen molar-refractivity contribution in [3.63, 3.8) is 0 Å². The van der Waals surface area contributed by atoms with Gasteiger partial charge in [-0.15, -0.1) is 24.8 Å². The molecule has 0 radical (unpaired) electrons. The fraction of sp³-hybridized carbons (Fsp3) is 0.571. The number of methoxy groups -OCH3 is 1. The molecule has 0 aliphatic carbocycles. The molecule has 0 bridgehead atoms. The van der Waals surface area contributed by atoms with E-state index in [1.807, 2.05) is 0 Å². The topological polar surface area (TPSA) is 43.0 Å². The smallest absolute Gasteiger partial charge is 0.231 e. The average molecular weight is 337 g/mol. The fourth-order valence-electron chi connectivity index (χ4n) is 2.67. The second-order valence-electron chi connectivity index (χ2n) is 4.92. The number of halogens is 2. The quantitative estimate of drug-likeness (QED) is 0.916. The SMILES string of the molecule is COc1cc([C@H](C)N2CCNCC2)cc2c1OCO2.Cl.Cl. The van der Waals surface area contributed by atoms with Crippen LogP contribution in [0.3, 0.4) is 0 Å². The molecular formula is C14H22Cl2N2O3. The van der Waals surface area contributed by atoms with E-state index in [1.165, 1.54) is 5.56 Å². The number of nitrogens with zero attached hydrogens (tertiary/aromatic N) is 1. The standard InChI is InChI=1S/C14H20N2O3.2ClH/c1-10(16-5-3-15-4-6-16)11-7-12(17-2)14-13(8-11)18-9-19-14;;/h7-8,10,15H,3-6,9H2,1-2H3;2*1H/t10-;;/m0../s1. The number of nitrogens with one attached hydrogen (secondary N) is 1. The van der Waals surface area contributed by atoms with E-state index in [1.54, 1.807) is 7.11 Å². The van der Waals surface area contributed by atoms with Gasteiger partial charge in [0.05, 0.1) is 7.11 Å². The van der Waals surface area contributed by atoms with Crippen LogP contribution in [0.25, 0.3) is 0 Å². The number of rotatable bonds is 3. The zero-order valence-corrected chi connectivity index (χ0v) is 13.9. The maximum atomic E-state index is 5.49. The van der Waals surface area contributed by atoms with Crippen molar-refractivity contribution in [3.8, 4) is 17.2 Å². The van der Waals surface area contributed by atoms with Crippen molar-refractivity contribution >= 4 is 24.8 Å². The van der Waals surface area contributed by atoms with E-state index in [0.29, 0.717) is 6.04 Å². The molecule has 2 heterocycles. The van der Waals surface area contributed by atoms with Crippen LogP contribution in [-0.2, 0) is 0 Å². The second-order valence-corrected chi connectivity index (χ2v) is 4.92. The maximum absolute atomic E-state index is 5.49. The van der Waals surface area contributed by atoms with E-state index >= 15 is 0 Å². The van der Waals surface area contributed by atoms with Crippen LogP contribution in [0.4, 0.5) is 0 Å². The summed E-state index contributed by atoms with van der Waals surface area (Å²) in [4.78, 5) is 2.47. The number of piperazine rings is 1. The molecule has 1 N–H and O–H groups in total. The molecule has 120 valence electrons. The third kappa shape index (κ3) is 3.66. The highest BCUT2D eigenvalue weighted by Crippen LogP contribution is 2.43. The summed E-state index contributed by atoms with van der Waals surface area (Å²) < 4.78 is 16.3. The molecule has 0 spiro atoms. The Labute approximate surface area is 137 Å². The lowest BCUT2D eigenvalue weighted by molar-refractivity contribution is 0.171. The van der Waals surface area contributed by atoms with Crippen molar-refractivity contribution in [1.29, 1.82) is 0 Å². The maximum Gasteiger partial charge on any atom is 0.231 e. The van der Waals surface area contributed by atoms with Crippen molar-refractivity contribution in [2.75, 3.05) is 40.1 Å². The van der Waals surface area contributed by atoms with Crippen LogP contribution in [0.1, 0.15) is 18.5 Å². The number of ether oxygens (including phenoxy) is 3. The summed E-state index contributed by atoms with van der Waals surface area (Å²) in [5.74, 6) is 2.27. The zero-order valence-electron chi connectivity index (χ0n) is 12.3. The van der Waals surface area contributed by atoms with Crippen molar-refractivity contribution in [1.82, 2.24) is 10.2 Å². The first-order chi connectivity index (χ1) is 9.29. The Bertz CT molecular complexity index is 468. The molecule has 0 saturated carbocycles. The number of hydrogen-bond acceptors (Lipinski definition) is 5. The van der Waals surface area contributed by atoms with Gasteiger partial charge in [0.25, 0.3) is 0 Å². The van der Waals surface area contributed by atoms with Gasteiger partial charge in [-0.1, -0.05) is 0 Å². The summed E-state index contributed by atoms with van der Waals surface area (Å²) in [5.41, 5.74) is 1.21. The van der Waals surface area contributed by atoms with Crippen molar-refractivity contribution in [2.24, 2.45) is 0 Å². The Morgan fingerprint density at radius 2 is 1.90 bits per heavy atom. The van der Waals surface area contributed by atoms with E-state index in [4.69, 9.17) is 14.2 Å². The molecule has 1 fully saturated rings. The van der Waals surface area contributed by atoms with Crippen LogP contribution in [-0.4, -0.2) is 45.0 Å². The summed E-state index contributed by atoms with van der Waals surface area (Å²) in [6.45, 7) is 6.73. The Morgan fingerprint density at radius 3 is 2.57 bits per heavy atom. The van der Waals surface area contributed by atoms with Gasteiger partial charge in [-0.05, 0) is 24.6 Å². The minimum atomic E-state index is 0. The van der Waals surface area contributed by atoms with Gasteiger partial charge in [-0.25, -0.2) is 0 Å². The molecule has 7 heteroatoms. The molecule has 0 aromatic heterocycles. The van der Waals surface area contributed by atoms with Gasteiger partial charge in [0.2, 0.25) is 12.5 Å². The Balaban J connectivity index is 0.00000110. The highest BCUT2D eigenvalue weighted by atomic mass is 35.5. The Kier molecular flexibility index (Phi) is 6.87. The van der Waals surface area contributed by atoms with Crippen LogP contribution in [0.15, 0.2) is 12.1 Å². The highest BCUT2D eigenvalue weighted by molar-refractivity contribution is 5.85. The summed E-state index contributed by atoms with van der Waals surface area (Å²) >= 11 is 0. The third-order valence-electron chi connectivity index (χ3n) is 3.86. The second kappa shape index (κ2) is 7.94. The lowest BCUT2D eigenvalue weighted by Crippen LogP contribution is -2.44. The molecule has 5 nitrogen and oxygen atoms in total. The largest absolute Gasteiger partial charge is 0.493 e.